The molecule has 6 rings (SSSR count). The van der Waals surface area contributed by atoms with E-state index in [4.69, 9.17) is 14.2 Å². The van der Waals surface area contributed by atoms with Gasteiger partial charge in [0.05, 0.1) is 24.8 Å². The second-order valence-electron chi connectivity index (χ2n) is 12.2. The van der Waals surface area contributed by atoms with Gasteiger partial charge in [0.2, 0.25) is 0 Å². The molecule has 3 heterocycles. The van der Waals surface area contributed by atoms with E-state index in [2.05, 4.69) is 18.2 Å². The molecule has 0 saturated carbocycles. The van der Waals surface area contributed by atoms with Crippen molar-refractivity contribution >= 4 is 18.0 Å². The van der Waals surface area contributed by atoms with Gasteiger partial charge in [-0.2, -0.15) is 0 Å². The van der Waals surface area contributed by atoms with Crippen LogP contribution in [0.2, 0.25) is 0 Å². The molecule has 1 atom stereocenters. The highest BCUT2D eigenvalue weighted by Crippen LogP contribution is 2.35. The lowest BCUT2D eigenvalue weighted by Gasteiger charge is -2.37. The predicted molar refractivity (Wildman–Crippen MR) is 178 cm³/mol. The molecule has 0 fully saturated rings. The molecule has 0 N–H and O–H groups in total. The quantitative estimate of drug-likeness (QED) is 0.218. The van der Waals surface area contributed by atoms with E-state index in [1.165, 1.54) is 5.56 Å². The molecule has 0 unspecified atom stereocenters. The smallest absolute Gasteiger partial charge is 0.410 e. The molecule has 2 aliphatic heterocycles. The number of methoxy groups -OCH3 is 1. The van der Waals surface area contributed by atoms with E-state index in [0.717, 1.165) is 39.2 Å². The number of aromatic nitrogens is 1. The zero-order chi connectivity index (χ0) is 33.1. The summed E-state index contributed by atoms with van der Waals surface area (Å²) >= 11 is 0. The first-order valence-electron chi connectivity index (χ1n) is 16.1. The number of rotatable bonds is 8. The Morgan fingerprint density at radius 3 is 2.34 bits per heavy atom. The summed E-state index contributed by atoms with van der Waals surface area (Å²) in [7, 11) is 3.55. The molecular weight excluding hydrogens is 594 g/mol. The van der Waals surface area contributed by atoms with Crippen LogP contribution in [0.15, 0.2) is 72.8 Å². The molecule has 2 aliphatic rings. The Balaban J connectivity index is 1.38. The highest BCUT2D eigenvalue weighted by molar-refractivity contribution is 6.02. The Morgan fingerprint density at radius 1 is 0.851 bits per heavy atom. The molecule has 0 spiro atoms. The summed E-state index contributed by atoms with van der Waals surface area (Å²) < 4.78 is 18.5. The summed E-state index contributed by atoms with van der Waals surface area (Å²) in [4.78, 5) is 44.3. The Kier molecular flexibility index (Phi) is 9.45. The first-order valence-corrected chi connectivity index (χ1v) is 16.1. The first kappa shape index (κ1) is 32.1. The second kappa shape index (κ2) is 13.8. The molecule has 1 aromatic heterocycles. The van der Waals surface area contributed by atoms with Crippen molar-refractivity contribution in [2.45, 2.75) is 52.4 Å². The van der Waals surface area contributed by atoms with Crippen LogP contribution in [0.3, 0.4) is 0 Å². The van der Waals surface area contributed by atoms with E-state index >= 15 is 0 Å². The van der Waals surface area contributed by atoms with Crippen molar-refractivity contribution in [3.63, 3.8) is 0 Å². The van der Waals surface area contributed by atoms with Crippen molar-refractivity contribution in [3.8, 4) is 11.3 Å². The van der Waals surface area contributed by atoms with Crippen LogP contribution in [-0.4, -0.2) is 65.2 Å². The SMILES string of the molecule is CCOC(=O)c1cc(-c2cc3c(cc2C(=O)N2Cc4ccccc4C[C@H]2COC)CN(C(=O)OCc2ccccc2)CC3)n(C)c1C. The lowest BCUT2D eigenvalue weighted by molar-refractivity contribution is 0.0476. The van der Waals surface area contributed by atoms with Crippen LogP contribution >= 0.6 is 0 Å². The number of hydrogen-bond donors (Lipinski definition) is 0. The number of fused-ring (bicyclic) bond motifs is 2. The molecular formula is C38H41N3O6. The number of amides is 2. The lowest BCUT2D eigenvalue weighted by Crippen LogP contribution is -2.47. The third-order valence-electron chi connectivity index (χ3n) is 9.33. The molecule has 2 amide bonds. The van der Waals surface area contributed by atoms with Crippen LogP contribution in [0.25, 0.3) is 11.3 Å². The molecule has 9 nitrogen and oxygen atoms in total. The monoisotopic (exact) mass is 635 g/mol. The topological polar surface area (TPSA) is 90.3 Å². The third kappa shape index (κ3) is 6.53. The van der Waals surface area contributed by atoms with Crippen LogP contribution in [0.1, 0.15) is 61.2 Å². The molecule has 0 saturated heterocycles. The van der Waals surface area contributed by atoms with Crippen LogP contribution in [-0.2, 0) is 53.8 Å². The molecule has 244 valence electrons. The van der Waals surface area contributed by atoms with Crippen LogP contribution in [0, 0.1) is 6.92 Å². The maximum absolute atomic E-state index is 14.8. The minimum absolute atomic E-state index is 0.125. The van der Waals surface area contributed by atoms with Gasteiger partial charge in [0.1, 0.15) is 6.61 Å². The van der Waals surface area contributed by atoms with Gasteiger partial charge in [-0.05, 0) is 72.7 Å². The number of carbonyl (C=O) groups excluding carboxylic acids is 3. The summed E-state index contributed by atoms with van der Waals surface area (Å²) in [5, 5.41) is 0. The fourth-order valence-electron chi connectivity index (χ4n) is 6.66. The summed E-state index contributed by atoms with van der Waals surface area (Å²) in [5.74, 6) is -0.519. The summed E-state index contributed by atoms with van der Waals surface area (Å²) in [6.07, 6.45) is 0.906. The molecule has 9 heteroatoms. The normalized spacial score (nSPS) is 15.5. The van der Waals surface area contributed by atoms with Crippen molar-refractivity contribution in [1.29, 1.82) is 0 Å². The average molecular weight is 636 g/mol. The molecule has 0 radical (unpaired) electrons. The van der Waals surface area contributed by atoms with Gasteiger partial charge in [-0.25, -0.2) is 9.59 Å². The number of ether oxygens (including phenoxy) is 3. The minimum atomic E-state index is -0.393. The van der Waals surface area contributed by atoms with Crippen LogP contribution < -0.4 is 0 Å². The molecule has 0 aliphatic carbocycles. The Hall–Kier alpha value is -4.89. The summed E-state index contributed by atoms with van der Waals surface area (Å²) in [5.41, 5.74) is 8.43. The van der Waals surface area contributed by atoms with Gasteiger partial charge in [0.25, 0.3) is 5.91 Å². The van der Waals surface area contributed by atoms with Gasteiger partial charge in [0, 0.05) is 56.3 Å². The van der Waals surface area contributed by atoms with Crippen molar-refractivity contribution in [1.82, 2.24) is 14.4 Å². The van der Waals surface area contributed by atoms with E-state index in [0.29, 0.717) is 50.2 Å². The third-order valence-corrected chi connectivity index (χ3v) is 9.33. The van der Waals surface area contributed by atoms with E-state index < -0.39 is 5.97 Å². The zero-order valence-electron chi connectivity index (χ0n) is 27.5. The van der Waals surface area contributed by atoms with Crippen molar-refractivity contribution in [2.24, 2.45) is 7.05 Å². The molecule has 47 heavy (non-hydrogen) atoms. The maximum Gasteiger partial charge on any atom is 0.410 e. The maximum atomic E-state index is 14.8. The number of nitrogens with zero attached hydrogens (tertiary/aromatic N) is 3. The number of benzene rings is 3. The fraction of sp³-hybridized carbons (Fsp3) is 0.342. The fourth-order valence-corrected chi connectivity index (χ4v) is 6.66. The zero-order valence-corrected chi connectivity index (χ0v) is 27.5. The second-order valence-corrected chi connectivity index (χ2v) is 12.2. The largest absolute Gasteiger partial charge is 0.462 e. The van der Waals surface area contributed by atoms with E-state index in [-0.39, 0.29) is 31.3 Å². The predicted octanol–water partition coefficient (Wildman–Crippen LogP) is 6.09. The molecule has 0 bridgehead atoms. The first-order chi connectivity index (χ1) is 22.8. The number of esters is 1. The molecule has 3 aromatic carbocycles. The van der Waals surface area contributed by atoms with Gasteiger partial charge in [-0.3, -0.25) is 4.79 Å². The Morgan fingerprint density at radius 2 is 1.60 bits per heavy atom. The summed E-state index contributed by atoms with van der Waals surface area (Å²) in [6, 6.07) is 23.5. The summed E-state index contributed by atoms with van der Waals surface area (Å²) in [6.45, 7) is 5.80. The Labute approximate surface area is 275 Å². The van der Waals surface area contributed by atoms with Gasteiger partial charge in [0.15, 0.2) is 0 Å². The highest BCUT2D eigenvalue weighted by atomic mass is 16.6. The van der Waals surface area contributed by atoms with Crippen molar-refractivity contribution in [3.05, 3.63) is 117 Å². The van der Waals surface area contributed by atoms with Crippen molar-refractivity contribution in [2.75, 3.05) is 26.9 Å². The van der Waals surface area contributed by atoms with E-state index in [1.54, 1.807) is 18.9 Å². The van der Waals surface area contributed by atoms with Gasteiger partial charge in [-0.15, -0.1) is 0 Å². The minimum Gasteiger partial charge on any atom is -0.462 e. The average Bonchev–Trinajstić information content (AvgIpc) is 3.39. The van der Waals surface area contributed by atoms with E-state index in [1.807, 2.05) is 78.0 Å². The number of hydrogen-bond acceptors (Lipinski definition) is 6. The lowest BCUT2D eigenvalue weighted by atomic mass is 9.89. The van der Waals surface area contributed by atoms with Crippen molar-refractivity contribution < 1.29 is 28.6 Å². The Bertz CT molecular complexity index is 1800. The molecule has 4 aromatic rings. The van der Waals surface area contributed by atoms with Gasteiger partial charge in [-0.1, -0.05) is 54.6 Å². The standard InChI is InChI=1S/C38H41N3O6/c1-5-46-37(43)32-20-35(39(3)25(32)2)33-18-28-15-16-40(38(44)47-23-26-11-7-6-8-12-26)21-30(28)19-34(33)36(42)41-22-29-14-10-9-13-27(29)17-31(41)24-45-4/h6-14,18-20,31H,5,15-17,21-24H2,1-4H3/t31-/m0/s1. The van der Waals surface area contributed by atoms with Gasteiger partial charge >= 0.3 is 12.1 Å². The van der Waals surface area contributed by atoms with Crippen LogP contribution in [0.4, 0.5) is 4.79 Å². The highest BCUT2D eigenvalue weighted by Gasteiger charge is 2.34. The van der Waals surface area contributed by atoms with Crippen LogP contribution in [0.5, 0.6) is 0 Å². The van der Waals surface area contributed by atoms with E-state index in [9.17, 15) is 14.4 Å². The van der Waals surface area contributed by atoms with Gasteiger partial charge < -0.3 is 28.6 Å². The number of carbonyl (C=O) groups is 3.